The van der Waals surface area contributed by atoms with E-state index in [1.54, 1.807) is 7.11 Å². The number of methoxy groups -OCH3 is 1. The molecule has 0 spiro atoms. The summed E-state index contributed by atoms with van der Waals surface area (Å²) in [6.45, 7) is 2.22. The minimum atomic E-state index is -1.01. The van der Waals surface area contributed by atoms with Crippen LogP contribution in [0.25, 0.3) is 0 Å². The van der Waals surface area contributed by atoms with Gasteiger partial charge in [-0.15, -0.1) is 0 Å². The molecule has 2 saturated carbocycles. The van der Waals surface area contributed by atoms with Gasteiger partial charge in [0, 0.05) is 12.2 Å². The van der Waals surface area contributed by atoms with Crippen molar-refractivity contribution < 1.29 is 14.9 Å². The fraction of sp³-hybridized carbons (Fsp3) is 0.571. The normalized spacial score (nSPS) is 24.6. The molecule has 5 nitrogen and oxygen atoms in total. The smallest absolute Gasteiger partial charge is 0.122 e. The van der Waals surface area contributed by atoms with Gasteiger partial charge in [0.25, 0.3) is 0 Å². The standard InChI is InChI=1S/C28H40N2O3/c1-19-13-22-5-9-23(14-22)27(19)25-15-21(8-12-26(25)33-2)4-3-20-6-10-24(11-7-20)30-16-28(29,17-31)18-32/h6-8,10-12,15,19,22-23,27,30-32H,3-5,9,13-14,16-18,29H2,1-2H3. The highest BCUT2D eigenvalue weighted by molar-refractivity contribution is 5.45. The van der Waals surface area contributed by atoms with Crippen LogP contribution in [0.4, 0.5) is 5.69 Å². The van der Waals surface area contributed by atoms with E-state index < -0.39 is 5.54 Å². The van der Waals surface area contributed by atoms with Crippen molar-refractivity contribution in [3.8, 4) is 5.75 Å². The van der Waals surface area contributed by atoms with Crippen LogP contribution in [0.1, 0.15) is 55.2 Å². The Morgan fingerprint density at radius 2 is 1.70 bits per heavy atom. The van der Waals surface area contributed by atoms with Gasteiger partial charge in [0.15, 0.2) is 0 Å². The van der Waals surface area contributed by atoms with Crippen LogP contribution in [0.2, 0.25) is 0 Å². The number of anilines is 1. The second-order valence-corrected chi connectivity index (χ2v) is 10.5. The molecule has 4 rings (SSSR count). The van der Waals surface area contributed by atoms with Gasteiger partial charge in [-0.3, -0.25) is 0 Å². The largest absolute Gasteiger partial charge is 0.496 e. The van der Waals surface area contributed by atoms with Crippen molar-refractivity contribution in [2.24, 2.45) is 23.5 Å². The van der Waals surface area contributed by atoms with Gasteiger partial charge in [0.2, 0.25) is 0 Å². The molecule has 0 saturated heterocycles. The van der Waals surface area contributed by atoms with Gasteiger partial charge in [-0.25, -0.2) is 0 Å². The molecule has 4 unspecified atom stereocenters. The summed E-state index contributed by atoms with van der Waals surface area (Å²) in [6, 6.07) is 15.1. The molecule has 2 aliphatic rings. The van der Waals surface area contributed by atoms with E-state index in [0.717, 1.165) is 42.0 Å². The molecule has 4 atom stereocenters. The molecule has 0 radical (unpaired) electrons. The Morgan fingerprint density at radius 1 is 1.00 bits per heavy atom. The predicted octanol–water partition coefficient (Wildman–Crippen LogP) is 4.11. The number of nitrogens with two attached hydrogens (primary N) is 1. The first kappa shape index (κ1) is 24.1. The van der Waals surface area contributed by atoms with Crippen LogP contribution in [0, 0.1) is 17.8 Å². The average molecular weight is 453 g/mol. The van der Waals surface area contributed by atoms with Crippen LogP contribution < -0.4 is 15.8 Å². The van der Waals surface area contributed by atoms with E-state index in [-0.39, 0.29) is 13.2 Å². The molecule has 5 N–H and O–H groups in total. The van der Waals surface area contributed by atoms with Crippen LogP contribution in [-0.2, 0) is 12.8 Å². The van der Waals surface area contributed by atoms with Gasteiger partial charge in [0.05, 0.1) is 25.9 Å². The maximum absolute atomic E-state index is 9.33. The number of nitrogens with one attached hydrogen (secondary N) is 1. The number of hydrogen-bond acceptors (Lipinski definition) is 5. The highest BCUT2D eigenvalue weighted by Crippen LogP contribution is 2.54. The zero-order valence-electron chi connectivity index (χ0n) is 20.1. The second-order valence-electron chi connectivity index (χ2n) is 10.5. The van der Waals surface area contributed by atoms with Crippen molar-refractivity contribution in [3.05, 3.63) is 59.2 Å². The Kier molecular flexibility index (Phi) is 7.62. The van der Waals surface area contributed by atoms with Gasteiger partial charge in [0.1, 0.15) is 5.75 Å². The van der Waals surface area contributed by atoms with E-state index in [9.17, 15) is 10.2 Å². The number of ether oxygens (including phenoxy) is 1. The molecule has 2 aromatic carbocycles. The summed E-state index contributed by atoms with van der Waals surface area (Å²) < 4.78 is 5.80. The summed E-state index contributed by atoms with van der Waals surface area (Å²) in [6.07, 6.45) is 7.51. The summed E-state index contributed by atoms with van der Waals surface area (Å²) >= 11 is 0. The predicted molar refractivity (Wildman–Crippen MR) is 134 cm³/mol. The molecule has 0 aliphatic heterocycles. The van der Waals surface area contributed by atoms with Gasteiger partial charge >= 0.3 is 0 Å². The summed E-state index contributed by atoms with van der Waals surface area (Å²) in [5.41, 5.74) is 9.93. The molecule has 2 fully saturated rings. The fourth-order valence-electron chi connectivity index (χ4n) is 6.07. The van der Waals surface area contributed by atoms with Crippen LogP contribution in [-0.4, -0.2) is 42.6 Å². The first-order valence-corrected chi connectivity index (χ1v) is 12.4. The number of benzene rings is 2. The molecule has 180 valence electrons. The molecule has 0 heterocycles. The molecule has 2 aliphatic carbocycles. The fourth-order valence-corrected chi connectivity index (χ4v) is 6.07. The van der Waals surface area contributed by atoms with E-state index in [0.29, 0.717) is 12.5 Å². The van der Waals surface area contributed by atoms with Crippen molar-refractivity contribution >= 4 is 5.69 Å². The highest BCUT2D eigenvalue weighted by Gasteiger charge is 2.41. The lowest BCUT2D eigenvalue weighted by Gasteiger charge is -2.36. The molecule has 33 heavy (non-hydrogen) atoms. The highest BCUT2D eigenvalue weighted by atomic mass is 16.5. The van der Waals surface area contributed by atoms with Crippen LogP contribution >= 0.6 is 0 Å². The Bertz CT molecular complexity index is 910. The maximum Gasteiger partial charge on any atom is 0.122 e. The lowest BCUT2D eigenvalue weighted by molar-refractivity contribution is 0.129. The number of aryl methyl sites for hydroxylation is 2. The molecular formula is C28H40N2O3. The quantitative estimate of drug-likeness (QED) is 0.436. The minimum Gasteiger partial charge on any atom is -0.496 e. The molecule has 5 heteroatoms. The Labute approximate surface area is 198 Å². The Morgan fingerprint density at radius 3 is 2.39 bits per heavy atom. The van der Waals surface area contributed by atoms with Crippen molar-refractivity contribution in [3.63, 3.8) is 0 Å². The van der Waals surface area contributed by atoms with E-state index in [1.165, 1.54) is 42.4 Å². The summed E-state index contributed by atoms with van der Waals surface area (Å²) in [4.78, 5) is 0. The minimum absolute atomic E-state index is 0.264. The number of fused-ring (bicyclic) bond motifs is 2. The average Bonchev–Trinajstić information content (AvgIpc) is 3.23. The zero-order chi connectivity index (χ0) is 23.4. The zero-order valence-corrected chi connectivity index (χ0v) is 20.1. The first-order valence-electron chi connectivity index (χ1n) is 12.4. The molecular weight excluding hydrogens is 412 g/mol. The van der Waals surface area contributed by atoms with Crippen LogP contribution in [0.5, 0.6) is 5.75 Å². The molecule has 0 amide bonds. The topological polar surface area (TPSA) is 87.7 Å². The van der Waals surface area contributed by atoms with E-state index in [4.69, 9.17) is 10.5 Å². The third-order valence-electron chi connectivity index (χ3n) is 7.99. The number of aliphatic hydroxyl groups excluding tert-OH is 2. The van der Waals surface area contributed by atoms with Gasteiger partial charge in [-0.05, 0) is 90.7 Å². The van der Waals surface area contributed by atoms with Crippen molar-refractivity contribution in [2.45, 2.75) is 56.9 Å². The summed E-state index contributed by atoms with van der Waals surface area (Å²) in [5.74, 6) is 4.16. The lowest BCUT2D eigenvalue weighted by Crippen LogP contribution is -2.52. The first-order chi connectivity index (χ1) is 15.9. The number of hydrogen-bond donors (Lipinski definition) is 4. The maximum atomic E-state index is 9.33. The van der Waals surface area contributed by atoms with Gasteiger partial charge < -0.3 is 26.0 Å². The molecule has 0 aromatic heterocycles. The van der Waals surface area contributed by atoms with E-state index in [1.807, 2.05) is 12.1 Å². The van der Waals surface area contributed by atoms with Crippen LogP contribution in [0.3, 0.4) is 0 Å². The third-order valence-corrected chi connectivity index (χ3v) is 7.99. The third kappa shape index (κ3) is 5.53. The lowest BCUT2D eigenvalue weighted by atomic mass is 9.69. The Hall–Kier alpha value is -2.08. The molecule has 2 aromatic rings. The molecule has 2 bridgehead atoms. The van der Waals surface area contributed by atoms with Gasteiger partial charge in [-0.2, -0.15) is 0 Å². The van der Waals surface area contributed by atoms with E-state index in [2.05, 4.69) is 42.6 Å². The van der Waals surface area contributed by atoms with Crippen molar-refractivity contribution in [1.82, 2.24) is 0 Å². The van der Waals surface area contributed by atoms with Crippen LogP contribution in [0.15, 0.2) is 42.5 Å². The van der Waals surface area contributed by atoms with Crippen molar-refractivity contribution in [1.29, 1.82) is 0 Å². The van der Waals surface area contributed by atoms with E-state index >= 15 is 0 Å². The number of aliphatic hydroxyl groups is 2. The Balaban J connectivity index is 1.40. The monoisotopic (exact) mass is 452 g/mol. The summed E-state index contributed by atoms with van der Waals surface area (Å²) in [7, 11) is 1.80. The van der Waals surface area contributed by atoms with Crippen molar-refractivity contribution in [2.75, 3.05) is 32.2 Å². The van der Waals surface area contributed by atoms with Gasteiger partial charge in [-0.1, -0.05) is 37.6 Å². The SMILES string of the molecule is COc1ccc(CCc2ccc(NCC(N)(CO)CO)cc2)cc1C1C(C)CC2CCC1C2. The summed E-state index contributed by atoms with van der Waals surface area (Å²) in [5, 5.41) is 21.9. The second kappa shape index (κ2) is 10.5. The number of rotatable bonds is 10.